The van der Waals surface area contributed by atoms with Gasteiger partial charge in [-0.2, -0.15) is 0 Å². The topological polar surface area (TPSA) is 44.5 Å². The molecule has 2 rings (SSSR count). The standard InChI is InChI=1S/C12H17NO2S/c1-8(2)15-10-3-9(13)4-11(5-10)16-12-6-14-7-12/h3-5,8,12H,6-7,13H2,1-2H3. The van der Waals surface area contributed by atoms with E-state index in [-0.39, 0.29) is 6.10 Å². The summed E-state index contributed by atoms with van der Waals surface area (Å²) in [6.07, 6.45) is 0.173. The fourth-order valence-corrected chi connectivity index (χ4v) is 2.58. The largest absolute Gasteiger partial charge is 0.491 e. The Kier molecular flexibility index (Phi) is 3.61. The second kappa shape index (κ2) is 4.97. The minimum Gasteiger partial charge on any atom is -0.491 e. The van der Waals surface area contributed by atoms with Gasteiger partial charge in [-0.3, -0.25) is 0 Å². The van der Waals surface area contributed by atoms with Crippen molar-refractivity contribution in [2.24, 2.45) is 0 Å². The molecule has 16 heavy (non-hydrogen) atoms. The van der Waals surface area contributed by atoms with Crippen molar-refractivity contribution in [2.75, 3.05) is 18.9 Å². The highest BCUT2D eigenvalue weighted by atomic mass is 32.2. The van der Waals surface area contributed by atoms with Crippen LogP contribution in [0.1, 0.15) is 13.8 Å². The van der Waals surface area contributed by atoms with Gasteiger partial charge in [0.15, 0.2) is 0 Å². The molecule has 1 aliphatic heterocycles. The molecule has 0 bridgehead atoms. The van der Waals surface area contributed by atoms with Gasteiger partial charge >= 0.3 is 0 Å². The van der Waals surface area contributed by atoms with E-state index in [9.17, 15) is 0 Å². The molecule has 1 aromatic carbocycles. The number of ether oxygens (including phenoxy) is 2. The highest BCUT2D eigenvalue weighted by molar-refractivity contribution is 8.00. The molecule has 0 aliphatic carbocycles. The summed E-state index contributed by atoms with van der Waals surface area (Å²) in [7, 11) is 0. The maximum absolute atomic E-state index is 5.85. The van der Waals surface area contributed by atoms with Crippen molar-refractivity contribution in [2.45, 2.75) is 30.1 Å². The number of nitrogens with two attached hydrogens (primary N) is 1. The lowest BCUT2D eigenvalue weighted by Crippen LogP contribution is -2.30. The van der Waals surface area contributed by atoms with E-state index in [0.29, 0.717) is 5.25 Å². The van der Waals surface area contributed by atoms with Crippen LogP contribution >= 0.6 is 11.8 Å². The van der Waals surface area contributed by atoms with E-state index in [1.165, 1.54) is 0 Å². The molecule has 1 heterocycles. The first-order chi connectivity index (χ1) is 7.63. The molecule has 1 aliphatic rings. The molecule has 1 fully saturated rings. The van der Waals surface area contributed by atoms with Crippen LogP contribution in [-0.4, -0.2) is 24.6 Å². The van der Waals surface area contributed by atoms with Crippen LogP contribution in [0.5, 0.6) is 5.75 Å². The maximum Gasteiger partial charge on any atom is 0.122 e. The van der Waals surface area contributed by atoms with E-state index in [1.54, 1.807) is 11.8 Å². The molecular weight excluding hydrogens is 222 g/mol. The van der Waals surface area contributed by atoms with Crippen molar-refractivity contribution < 1.29 is 9.47 Å². The van der Waals surface area contributed by atoms with Gasteiger partial charge in [-0.1, -0.05) is 0 Å². The van der Waals surface area contributed by atoms with Gasteiger partial charge in [-0.25, -0.2) is 0 Å². The molecule has 3 nitrogen and oxygen atoms in total. The van der Waals surface area contributed by atoms with Gasteiger partial charge in [-0.15, -0.1) is 11.8 Å². The molecule has 0 radical (unpaired) electrons. The molecule has 0 atom stereocenters. The first kappa shape index (κ1) is 11.6. The zero-order valence-electron chi connectivity index (χ0n) is 9.60. The Labute approximate surface area is 100 Å². The lowest BCUT2D eigenvalue weighted by atomic mass is 10.3. The van der Waals surface area contributed by atoms with E-state index in [4.69, 9.17) is 15.2 Å². The molecule has 0 aromatic heterocycles. The van der Waals surface area contributed by atoms with E-state index in [2.05, 4.69) is 0 Å². The molecule has 0 amide bonds. The van der Waals surface area contributed by atoms with Crippen LogP contribution in [0.3, 0.4) is 0 Å². The fourth-order valence-electron chi connectivity index (χ4n) is 1.48. The normalized spacial score (nSPS) is 16.2. The third-order valence-electron chi connectivity index (χ3n) is 2.18. The number of hydrogen-bond acceptors (Lipinski definition) is 4. The van der Waals surface area contributed by atoms with E-state index in [0.717, 1.165) is 29.5 Å². The Balaban J connectivity index is 2.08. The molecule has 1 aromatic rings. The van der Waals surface area contributed by atoms with Crippen LogP contribution in [0.2, 0.25) is 0 Å². The molecule has 88 valence electrons. The predicted octanol–water partition coefficient (Wildman–Crippen LogP) is 2.55. The van der Waals surface area contributed by atoms with Crippen molar-refractivity contribution in [3.8, 4) is 5.75 Å². The van der Waals surface area contributed by atoms with Crippen LogP contribution in [0.4, 0.5) is 5.69 Å². The summed E-state index contributed by atoms with van der Waals surface area (Å²) in [6, 6.07) is 5.89. The van der Waals surface area contributed by atoms with E-state index >= 15 is 0 Å². The van der Waals surface area contributed by atoms with Gasteiger partial charge in [-0.05, 0) is 26.0 Å². The molecular formula is C12H17NO2S. The number of thioether (sulfide) groups is 1. The molecule has 0 saturated carbocycles. The summed E-state index contributed by atoms with van der Waals surface area (Å²) in [5, 5.41) is 0.564. The zero-order chi connectivity index (χ0) is 11.5. The van der Waals surface area contributed by atoms with Gasteiger partial charge < -0.3 is 15.2 Å². The van der Waals surface area contributed by atoms with Gasteiger partial charge in [0, 0.05) is 16.6 Å². The highest BCUT2D eigenvalue weighted by Crippen LogP contribution is 2.32. The van der Waals surface area contributed by atoms with Crippen LogP contribution in [-0.2, 0) is 4.74 Å². The minimum atomic E-state index is 0.173. The average molecular weight is 239 g/mol. The molecule has 2 N–H and O–H groups in total. The second-order valence-electron chi connectivity index (χ2n) is 4.18. The Morgan fingerprint density at radius 3 is 2.69 bits per heavy atom. The predicted molar refractivity (Wildman–Crippen MR) is 67.1 cm³/mol. The molecule has 0 unspecified atom stereocenters. The van der Waals surface area contributed by atoms with Crippen molar-refractivity contribution in [1.29, 1.82) is 0 Å². The SMILES string of the molecule is CC(C)Oc1cc(N)cc(SC2COC2)c1. The minimum absolute atomic E-state index is 0.173. The monoisotopic (exact) mass is 239 g/mol. The number of rotatable bonds is 4. The first-order valence-electron chi connectivity index (χ1n) is 5.45. The van der Waals surface area contributed by atoms with Crippen molar-refractivity contribution in [3.63, 3.8) is 0 Å². The summed E-state index contributed by atoms with van der Waals surface area (Å²) in [4.78, 5) is 1.16. The zero-order valence-corrected chi connectivity index (χ0v) is 10.4. The summed E-state index contributed by atoms with van der Waals surface area (Å²) in [6.45, 7) is 5.69. The molecule has 0 spiro atoms. The average Bonchev–Trinajstić information content (AvgIpc) is 2.09. The lowest BCUT2D eigenvalue weighted by molar-refractivity contribution is 0.0455. The highest BCUT2D eigenvalue weighted by Gasteiger charge is 2.19. The molecule has 1 saturated heterocycles. The van der Waals surface area contributed by atoms with Gasteiger partial charge in [0.2, 0.25) is 0 Å². The number of anilines is 1. The Morgan fingerprint density at radius 1 is 1.38 bits per heavy atom. The Bertz CT molecular complexity index is 364. The van der Waals surface area contributed by atoms with Crippen molar-refractivity contribution in [1.82, 2.24) is 0 Å². The van der Waals surface area contributed by atoms with Crippen LogP contribution in [0.25, 0.3) is 0 Å². The molecule has 4 heteroatoms. The van der Waals surface area contributed by atoms with Gasteiger partial charge in [0.25, 0.3) is 0 Å². The third-order valence-corrected chi connectivity index (χ3v) is 3.30. The van der Waals surface area contributed by atoms with Crippen molar-refractivity contribution >= 4 is 17.4 Å². The van der Waals surface area contributed by atoms with Gasteiger partial charge in [0.05, 0.1) is 24.6 Å². The van der Waals surface area contributed by atoms with Gasteiger partial charge in [0.1, 0.15) is 5.75 Å². The maximum atomic E-state index is 5.85. The summed E-state index contributed by atoms with van der Waals surface area (Å²) in [5.74, 6) is 0.845. The Morgan fingerprint density at radius 2 is 2.12 bits per heavy atom. The summed E-state index contributed by atoms with van der Waals surface area (Å²) >= 11 is 1.80. The van der Waals surface area contributed by atoms with Crippen LogP contribution in [0.15, 0.2) is 23.1 Å². The number of nitrogen functional groups attached to an aromatic ring is 1. The smallest absolute Gasteiger partial charge is 0.122 e. The van der Waals surface area contributed by atoms with E-state index in [1.807, 2.05) is 32.0 Å². The summed E-state index contributed by atoms with van der Waals surface area (Å²) < 4.78 is 10.8. The van der Waals surface area contributed by atoms with E-state index < -0.39 is 0 Å². The van der Waals surface area contributed by atoms with Crippen LogP contribution < -0.4 is 10.5 Å². The Hall–Kier alpha value is -0.870. The summed E-state index contributed by atoms with van der Waals surface area (Å²) in [5.41, 5.74) is 6.60. The third kappa shape index (κ3) is 3.06. The lowest BCUT2D eigenvalue weighted by Gasteiger charge is -2.25. The second-order valence-corrected chi connectivity index (χ2v) is 5.56. The van der Waals surface area contributed by atoms with Crippen molar-refractivity contribution in [3.05, 3.63) is 18.2 Å². The first-order valence-corrected chi connectivity index (χ1v) is 6.33. The number of benzene rings is 1. The number of hydrogen-bond donors (Lipinski definition) is 1. The van der Waals surface area contributed by atoms with Crippen LogP contribution in [0, 0.1) is 0 Å². The quantitative estimate of drug-likeness (QED) is 0.820. The fraction of sp³-hybridized carbons (Fsp3) is 0.500.